The summed E-state index contributed by atoms with van der Waals surface area (Å²) in [5.74, 6) is 3.90. The van der Waals surface area contributed by atoms with Gasteiger partial charge in [-0.25, -0.2) is 0 Å². The Morgan fingerprint density at radius 1 is 0.806 bits per heavy atom. The summed E-state index contributed by atoms with van der Waals surface area (Å²) in [6.45, 7) is 20.5. The second-order valence-corrected chi connectivity index (χ2v) is 14.7. The van der Waals surface area contributed by atoms with E-state index < -0.39 is 0 Å². The lowest BCUT2D eigenvalue weighted by Crippen LogP contribution is -2.64. The Morgan fingerprint density at radius 2 is 1.52 bits per heavy atom. The quantitative estimate of drug-likeness (QED) is 0.389. The molecule has 0 unspecified atom stereocenters. The number of hydrogen-bond acceptors (Lipinski definition) is 1. The molecule has 10 atom stereocenters. The van der Waals surface area contributed by atoms with Gasteiger partial charge in [-0.2, -0.15) is 0 Å². The predicted molar refractivity (Wildman–Crippen MR) is 131 cm³/mol. The molecule has 0 bridgehead atoms. The van der Waals surface area contributed by atoms with Gasteiger partial charge in [0.15, 0.2) is 0 Å². The average molecular weight is 427 g/mol. The minimum Gasteiger partial charge on any atom is -0.393 e. The molecule has 0 heterocycles. The fraction of sp³-hybridized carbons (Fsp3) is 0.933. The molecule has 4 fully saturated rings. The molecule has 0 aliphatic heterocycles. The smallest absolute Gasteiger partial charge is 0.0594 e. The van der Waals surface area contributed by atoms with Gasteiger partial charge >= 0.3 is 0 Å². The largest absolute Gasteiger partial charge is 0.393 e. The molecule has 1 heteroatoms. The number of fused-ring (bicyclic) bond motifs is 7. The number of aliphatic hydroxyl groups is 1. The van der Waals surface area contributed by atoms with E-state index in [1.165, 1.54) is 51.4 Å². The van der Waals surface area contributed by atoms with Gasteiger partial charge in [0.1, 0.15) is 0 Å². The zero-order chi connectivity index (χ0) is 22.6. The Bertz CT molecular complexity index is 779. The van der Waals surface area contributed by atoms with Crippen molar-refractivity contribution in [1.29, 1.82) is 0 Å². The van der Waals surface area contributed by atoms with Crippen LogP contribution in [0.15, 0.2) is 11.6 Å². The molecule has 0 aromatic heterocycles. The summed E-state index contributed by atoms with van der Waals surface area (Å²) >= 11 is 0. The Labute approximate surface area is 192 Å². The van der Waals surface area contributed by atoms with Gasteiger partial charge < -0.3 is 5.11 Å². The summed E-state index contributed by atoms with van der Waals surface area (Å²) < 4.78 is 0. The minimum atomic E-state index is -0.125. The highest BCUT2D eigenvalue weighted by molar-refractivity contribution is 5.33. The number of hydrogen-bond donors (Lipinski definition) is 1. The van der Waals surface area contributed by atoms with E-state index in [1.54, 1.807) is 0 Å². The highest BCUT2D eigenvalue weighted by atomic mass is 16.3. The van der Waals surface area contributed by atoms with Crippen LogP contribution in [0.2, 0.25) is 0 Å². The lowest BCUT2D eigenvalue weighted by Gasteiger charge is -2.71. The molecule has 5 rings (SSSR count). The summed E-state index contributed by atoms with van der Waals surface area (Å²) in [6, 6.07) is 0. The van der Waals surface area contributed by atoms with E-state index in [-0.39, 0.29) is 11.5 Å². The second kappa shape index (κ2) is 6.64. The summed E-state index contributed by atoms with van der Waals surface area (Å²) in [4.78, 5) is 0. The molecular formula is C30H50O. The average Bonchev–Trinajstić information content (AvgIpc) is 2.69. The summed E-state index contributed by atoms with van der Waals surface area (Å²) in [7, 11) is 0. The van der Waals surface area contributed by atoms with Crippen molar-refractivity contribution >= 4 is 0 Å². The zero-order valence-electron chi connectivity index (χ0n) is 21.9. The van der Waals surface area contributed by atoms with Crippen LogP contribution in [0.3, 0.4) is 0 Å². The van der Waals surface area contributed by atoms with Crippen molar-refractivity contribution in [2.24, 2.45) is 56.7 Å². The molecule has 1 N–H and O–H groups in total. The highest BCUT2D eigenvalue weighted by Gasteiger charge is 2.67. The molecule has 31 heavy (non-hydrogen) atoms. The van der Waals surface area contributed by atoms with E-state index in [0.717, 1.165) is 30.1 Å². The van der Waals surface area contributed by atoms with Gasteiger partial charge in [0.2, 0.25) is 0 Å². The van der Waals surface area contributed by atoms with Gasteiger partial charge in [-0.3, -0.25) is 0 Å². The van der Waals surface area contributed by atoms with Gasteiger partial charge in [-0.05, 0) is 114 Å². The van der Waals surface area contributed by atoms with Crippen LogP contribution in [-0.2, 0) is 0 Å². The van der Waals surface area contributed by atoms with E-state index in [1.807, 2.05) is 5.57 Å². The molecule has 0 amide bonds. The van der Waals surface area contributed by atoms with Crippen molar-refractivity contribution in [3.05, 3.63) is 11.6 Å². The molecule has 4 saturated carbocycles. The second-order valence-electron chi connectivity index (χ2n) is 14.7. The lowest BCUT2D eigenvalue weighted by molar-refractivity contribution is -0.203. The molecule has 0 saturated heterocycles. The van der Waals surface area contributed by atoms with Crippen LogP contribution < -0.4 is 0 Å². The standard InChI is InChI=1S/C30H50O/c1-19-11-14-27(5)17-18-29(7)21(25(27)20(19)2)9-10-23-28(6)15-13-24(31)26(3,4)22(28)12-16-30(23,29)8/h9,19-20,22-25,31H,10-18H2,1-8H3/t19-,20+,22-,23-,24-,25-,27+,28+,29-,30-/m1/s1. The fourth-order valence-corrected chi connectivity index (χ4v) is 10.8. The van der Waals surface area contributed by atoms with Crippen molar-refractivity contribution in [2.45, 2.75) is 119 Å². The van der Waals surface area contributed by atoms with E-state index in [0.29, 0.717) is 27.6 Å². The fourth-order valence-electron chi connectivity index (χ4n) is 10.8. The van der Waals surface area contributed by atoms with E-state index in [9.17, 15) is 5.11 Å². The maximum Gasteiger partial charge on any atom is 0.0594 e. The zero-order valence-corrected chi connectivity index (χ0v) is 21.9. The topological polar surface area (TPSA) is 20.2 Å². The van der Waals surface area contributed by atoms with Gasteiger partial charge in [0.25, 0.3) is 0 Å². The van der Waals surface area contributed by atoms with Crippen molar-refractivity contribution in [1.82, 2.24) is 0 Å². The molecule has 5 aliphatic rings. The maximum atomic E-state index is 10.9. The van der Waals surface area contributed by atoms with E-state index in [2.05, 4.69) is 61.5 Å². The van der Waals surface area contributed by atoms with Gasteiger partial charge in [0.05, 0.1) is 6.10 Å². The molecular weight excluding hydrogens is 376 g/mol. The van der Waals surface area contributed by atoms with Crippen molar-refractivity contribution in [3.8, 4) is 0 Å². The van der Waals surface area contributed by atoms with Crippen LogP contribution in [0.4, 0.5) is 0 Å². The predicted octanol–water partition coefficient (Wildman–Crippen LogP) is 8.02. The minimum absolute atomic E-state index is 0.0533. The van der Waals surface area contributed by atoms with Gasteiger partial charge in [-0.1, -0.05) is 67.0 Å². The monoisotopic (exact) mass is 426 g/mol. The van der Waals surface area contributed by atoms with E-state index in [4.69, 9.17) is 0 Å². The third-order valence-electron chi connectivity index (χ3n) is 13.4. The molecule has 5 aliphatic carbocycles. The third-order valence-corrected chi connectivity index (χ3v) is 13.4. The first-order chi connectivity index (χ1) is 14.3. The van der Waals surface area contributed by atoms with Crippen molar-refractivity contribution in [3.63, 3.8) is 0 Å². The number of allylic oxidation sites excluding steroid dienone is 2. The molecule has 1 nitrogen and oxygen atoms in total. The number of aliphatic hydroxyl groups excluding tert-OH is 1. The van der Waals surface area contributed by atoms with Crippen LogP contribution in [0.25, 0.3) is 0 Å². The van der Waals surface area contributed by atoms with Gasteiger partial charge in [0, 0.05) is 0 Å². The highest BCUT2D eigenvalue weighted by Crippen LogP contribution is 2.75. The molecule has 0 aromatic rings. The third kappa shape index (κ3) is 2.65. The first kappa shape index (κ1) is 22.5. The normalized spacial score (nSPS) is 58.3. The van der Waals surface area contributed by atoms with Crippen molar-refractivity contribution < 1.29 is 5.11 Å². The lowest BCUT2D eigenvalue weighted by atomic mass is 9.33. The first-order valence-electron chi connectivity index (χ1n) is 13.7. The Kier molecular flexibility index (Phi) is 4.82. The maximum absolute atomic E-state index is 10.9. The summed E-state index contributed by atoms with van der Waals surface area (Å²) in [6.07, 6.45) is 14.5. The summed E-state index contributed by atoms with van der Waals surface area (Å²) in [5, 5.41) is 10.9. The molecule has 0 radical (unpaired) electrons. The Morgan fingerprint density at radius 3 is 2.23 bits per heavy atom. The van der Waals surface area contributed by atoms with Crippen LogP contribution >= 0.6 is 0 Å². The van der Waals surface area contributed by atoms with E-state index >= 15 is 0 Å². The van der Waals surface area contributed by atoms with Crippen molar-refractivity contribution in [2.75, 3.05) is 0 Å². The number of rotatable bonds is 0. The van der Waals surface area contributed by atoms with Gasteiger partial charge in [-0.15, -0.1) is 0 Å². The van der Waals surface area contributed by atoms with Crippen LogP contribution in [0.1, 0.15) is 113 Å². The SMILES string of the molecule is C[C@H]1[C@H](C)CC[C@@]2(C)CC[C@]3(C)C(=CC[C@@H]4[C@@]5(C)CC[C@@H](O)C(C)(C)[C@H]5CC[C@]43C)[C@@H]12. The molecule has 176 valence electrons. The molecule has 0 aromatic carbocycles. The molecule has 0 spiro atoms. The van der Waals surface area contributed by atoms with Crippen LogP contribution in [0.5, 0.6) is 0 Å². The van der Waals surface area contributed by atoms with Crippen LogP contribution in [-0.4, -0.2) is 11.2 Å². The Balaban J connectivity index is 1.59. The summed E-state index contributed by atoms with van der Waals surface area (Å²) in [5.41, 5.74) is 3.60. The Hall–Kier alpha value is -0.300. The first-order valence-corrected chi connectivity index (χ1v) is 13.7. The van der Waals surface area contributed by atoms with Crippen LogP contribution in [0, 0.1) is 56.7 Å².